The lowest BCUT2D eigenvalue weighted by Gasteiger charge is -2.12. The zero-order valence-corrected chi connectivity index (χ0v) is 12.7. The average molecular weight is 296 g/mol. The van der Waals surface area contributed by atoms with Crippen LogP contribution in [0.25, 0.3) is 0 Å². The quantitative estimate of drug-likeness (QED) is 0.771. The van der Waals surface area contributed by atoms with Crippen LogP contribution in [0.3, 0.4) is 0 Å². The lowest BCUT2D eigenvalue weighted by Crippen LogP contribution is -2.06. The van der Waals surface area contributed by atoms with Gasteiger partial charge in [-0.05, 0) is 24.1 Å². The number of thioether (sulfide) groups is 3. The molecule has 4 heteroatoms. The van der Waals surface area contributed by atoms with Crippen molar-refractivity contribution in [3.8, 4) is 0 Å². The number of hydrogen-bond acceptors (Lipinski definition) is 4. The number of benzene rings is 1. The summed E-state index contributed by atoms with van der Waals surface area (Å²) in [5, 5.41) is 0.647. The molecule has 1 fully saturated rings. The standard InChI is InChI=1S/C14H16OS3/c1-3-13(15)16-8-11-9-17-14(18-11)12-7-5-4-6-10(12)2/h3-7,11,14H,1,8-9H2,2H3. The van der Waals surface area contributed by atoms with Crippen LogP contribution in [0.2, 0.25) is 0 Å². The van der Waals surface area contributed by atoms with E-state index in [0.717, 1.165) is 11.5 Å². The second kappa shape index (κ2) is 6.73. The summed E-state index contributed by atoms with van der Waals surface area (Å²) in [4.78, 5) is 11.2. The Kier molecular flexibility index (Phi) is 5.27. The molecule has 1 aromatic rings. The molecule has 0 bridgehead atoms. The van der Waals surface area contributed by atoms with E-state index in [1.807, 2.05) is 23.5 Å². The Morgan fingerprint density at radius 2 is 2.33 bits per heavy atom. The second-order valence-electron chi connectivity index (χ2n) is 4.11. The second-order valence-corrected chi connectivity index (χ2v) is 7.99. The summed E-state index contributed by atoms with van der Waals surface area (Å²) >= 11 is 5.36. The first-order valence-electron chi connectivity index (χ1n) is 5.82. The van der Waals surface area contributed by atoms with Crippen LogP contribution >= 0.6 is 35.3 Å². The summed E-state index contributed by atoms with van der Waals surface area (Å²) in [5.74, 6) is 2.02. The van der Waals surface area contributed by atoms with Crippen molar-refractivity contribution in [3.05, 3.63) is 48.0 Å². The highest BCUT2D eigenvalue weighted by Crippen LogP contribution is 2.50. The molecule has 2 unspecified atom stereocenters. The van der Waals surface area contributed by atoms with Crippen molar-refractivity contribution in [2.75, 3.05) is 11.5 Å². The van der Waals surface area contributed by atoms with Gasteiger partial charge < -0.3 is 0 Å². The normalized spacial score (nSPS) is 22.9. The molecule has 18 heavy (non-hydrogen) atoms. The van der Waals surface area contributed by atoms with Gasteiger partial charge in [-0.25, -0.2) is 0 Å². The van der Waals surface area contributed by atoms with Gasteiger partial charge in [-0.2, -0.15) is 0 Å². The summed E-state index contributed by atoms with van der Waals surface area (Å²) in [6, 6.07) is 8.57. The van der Waals surface area contributed by atoms with E-state index >= 15 is 0 Å². The largest absolute Gasteiger partial charge is 0.282 e. The number of hydrogen-bond donors (Lipinski definition) is 0. The van der Waals surface area contributed by atoms with Crippen molar-refractivity contribution in [3.63, 3.8) is 0 Å². The first kappa shape index (κ1) is 14.1. The van der Waals surface area contributed by atoms with Crippen LogP contribution in [0.5, 0.6) is 0 Å². The molecule has 1 saturated heterocycles. The van der Waals surface area contributed by atoms with Gasteiger partial charge in [0.25, 0.3) is 0 Å². The maximum Gasteiger partial charge on any atom is 0.211 e. The number of aryl methyl sites for hydroxylation is 1. The molecule has 0 amide bonds. The topological polar surface area (TPSA) is 17.1 Å². The zero-order chi connectivity index (χ0) is 13.0. The molecule has 0 aliphatic carbocycles. The van der Waals surface area contributed by atoms with E-state index < -0.39 is 0 Å². The van der Waals surface area contributed by atoms with E-state index in [0.29, 0.717) is 9.83 Å². The summed E-state index contributed by atoms with van der Waals surface area (Å²) in [7, 11) is 0. The summed E-state index contributed by atoms with van der Waals surface area (Å²) in [5.41, 5.74) is 2.79. The number of carbonyl (C=O) groups is 1. The Morgan fingerprint density at radius 3 is 3.06 bits per heavy atom. The molecule has 1 aromatic carbocycles. The van der Waals surface area contributed by atoms with Gasteiger partial charge in [-0.3, -0.25) is 4.79 Å². The molecule has 1 aliphatic rings. The Hall–Kier alpha value is -0.320. The minimum Gasteiger partial charge on any atom is -0.282 e. The molecular weight excluding hydrogens is 280 g/mol. The van der Waals surface area contributed by atoms with Crippen molar-refractivity contribution in [2.24, 2.45) is 0 Å². The fourth-order valence-corrected chi connectivity index (χ4v) is 6.32. The molecule has 0 N–H and O–H groups in total. The number of carbonyl (C=O) groups excluding carboxylic acids is 1. The maximum absolute atomic E-state index is 11.2. The third kappa shape index (κ3) is 3.59. The van der Waals surface area contributed by atoms with Crippen LogP contribution in [-0.2, 0) is 4.79 Å². The third-order valence-electron chi connectivity index (χ3n) is 2.77. The Labute approximate surface area is 121 Å². The molecule has 0 spiro atoms. The Balaban J connectivity index is 1.90. The van der Waals surface area contributed by atoms with Gasteiger partial charge in [0.1, 0.15) is 0 Å². The van der Waals surface area contributed by atoms with Gasteiger partial charge in [0.05, 0.1) is 4.58 Å². The molecule has 2 rings (SSSR count). The van der Waals surface area contributed by atoms with Gasteiger partial charge in [-0.1, -0.05) is 42.6 Å². The van der Waals surface area contributed by atoms with Gasteiger partial charge >= 0.3 is 0 Å². The van der Waals surface area contributed by atoms with Crippen LogP contribution in [0.15, 0.2) is 36.9 Å². The Bertz CT molecular complexity index is 444. The van der Waals surface area contributed by atoms with Gasteiger partial charge in [0.15, 0.2) is 0 Å². The van der Waals surface area contributed by atoms with Crippen molar-refractivity contribution < 1.29 is 4.79 Å². The molecule has 0 radical (unpaired) electrons. The molecule has 1 aliphatic heterocycles. The molecule has 0 aromatic heterocycles. The molecular formula is C14H16OS3. The Morgan fingerprint density at radius 1 is 1.56 bits per heavy atom. The smallest absolute Gasteiger partial charge is 0.211 e. The lowest BCUT2D eigenvalue weighted by atomic mass is 10.1. The van der Waals surface area contributed by atoms with Crippen molar-refractivity contribution >= 4 is 40.4 Å². The summed E-state index contributed by atoms with van der Waals surface area (Å²) < 4.78 is 0.524. The highest BCUT2D eigenvalue weighted by molar-refractivity contribution is 8.21. The van der Waals surface area contributed by atoms with E-state index in [-0.39, 0.29) is 5.12 Å². The predicted octanol–water partition coefficient (Wildman–Crippen LogP) is 4.29. The van der Waals surface area contributed by atoms with Crippen LogP contribution in [-0.4, -0.2) is 21.9 Å². The van der Waals surface area contributed by atoms with E-state index in [9.17, 15) is 4.79 Å². The first-order valence-corrected chi connectivity index (χ1v) is 8.80. The van der Waals surface area contributed by atoms with Crippen LogP contribution < -0.4 is 0 Å². The summed E-state index contributed by atoms with van der Waals surface area (Å²) in [6.45, 7) is 5.66. The highest BCUT2D eigenvalue weighted by atomic mass is 32.2. The van der Waals surface area contributed by atoms with Crippen LogP contribution in [0.4, 0.5) is 0 Å². The van der Waals surface area contributed by atoms with Crippen LogP contribution in [0.1, 0.15) is 15.7 Å². The molecule has 1 heterocycles. The highest BCUT2D eigenvalue weighted by Gasteiger charge is 2.28. The van der Waals surface area contributed by atoms with Crippen molar-refractivity contribution in [2.45, 2.75) is 16.8 Å². The first-order chi connectivity index (χ1) is 8.70. The SMILES string of the molecule is C=CC(=O)SCC1CSC(c2ccccc2C)S1. The molecule has 96 valence electrons. The average Bonchev–Trinajstić information content (AvgIpc) is 2.85. The van der Waals surface area contributed by atoms with Crippen LogP contribution in [0, 0.1) is 6.92 Å². The van der Waals surface area contributed by atoms with Crippen molar-refractivity contribution in [1.82, 2.24) is 0 Å². The van der Waals surface area contributed by atoms with Gasteiger partial charge in [0, 0.05) is 16.8 Å². The van der Waals surface area contributed by atoms with E-state index in [4.69, 9.17) is 0 Å². The molecule has 0 saturated carbocycles. The van der Waals surface area contributed by atoms with E-state index in [2.05, 4.69) is 37.8 Å². The van der Waals surface area contributed by atoms with Gasteiger partial charge in [-0.15, -0.1) is 23.5 Å². The summed E-state index contributed by atoms with van der Waals surface area (Å²) in [6.07, 6.45) is 1.40. The zero-order valence-electron chi connectivity index (χ0n) is 10.3. The minimum absolute atomic E-state index is 0.0833. The number of rotatable bonds is 4. The monoisotopic (exact) mass is 296 g/mol. The fraction of sp³-hybridized carbons (Fsp3) is 0.357. The predicted molar refractivity (Wildman–Crippen MR) is 85.4 cm³/mol. The third-order valence-corrected chi connectivity index (χ3v) is 7.32. The van der Waals surface area contributed by atoms with Crippen molar-refractivity contribution in [1.29, 1.82) is 0 Å². The minimum atomic E-state index is 0.0833. The van der Waals surface area contributed by atoms with E-state index in [1.165, 1.54) is 29.0 Å². The lowest BCUT2D eigenvalue weighted by molar-refractivity contribution is -0.107. The molecule has 2 atom stereocenters. The van der Waals surface area contributed by atoms with Gasteiger partial charge in [0.2, 0.25) is 5.12 Å². The molecule has 1 nitrogen and oxygen atoms in total. The fourth-order valence-electron chi connectivity index (χ4n) is 1.78. The maximum atomic E-state index is 11.2. The van der Waals surface area contributed by atoms with E-state index in [1.54, 1.807) is 0 Å².